The average Bonchev–Trinajstić information content (AvgIpc) is 2.97. The Labute approximate surface area is 174 Å². The molecular weight excluding hydrogens is 447 g/mol. The van der Waals surface area contributed by atoms with E-state index < -0.39 is 29.9 Å². The third-order valence-corrected chi connectivity index (χ3v) is 5.01. The van der Waals surface area contributed by atoms with Crippen molar-refractivity contribution < 1.29 is 28.6 Å². The molecule has 152 valence electrons. The molecule has 3 rings (SSSR count). The molecule has 2 N–H and O–H groups in total. The normalized spacial score (nSPS) is 17.2. The van der Waals surface area contributed by atoms with Gasteiger partial charge in [-0.3, -0.25) is 14.5 Å². The van der Waals surface area contributed by atoms with Gasteiger partial charge in [-0.25, -0.2) is 9.18 Å². The summed E-state index contributed by atoms with van der Waals surface area (Å²) in [5.74, 6) is -0.650. The number of nitrogens with zero attached hydrogens (tertiary/aromatic N) is 1. The Morgan fingerprint density at radius 3 is 2.59 bits per heavy atom. The molecule has 7 nitrogen and oxygen atoms in total. The van der Waals surface area contributed by atoms with Crippen LogP contribution in [0.25, 0.3) is 0 Å². The molecule has 1 saturated heterocycles. The number of halogens is 2. The minimum Gasteiger partial charge on any atom is -0.491 e. The lowest BCUT2D eigenvalue weighted by molar-refractivity contribution is -0.128. The van der Waals surface area contributed by atoms with Crippen LogP contribution >= 0.6 is 15.9 Å². The number of benzene rings is 2. The summed E-state index contributed by atoms with van der Waals surface area (Å²) in [6.45, 7) is 1.05. The maximum Gasteiger partial charge on any atom is 0.325 e. The Kier molecular flexibility index (Phi) is 6.29. The molecule has 0 radical (unpaired) electrons. The topological polar surface area (TPSA) is 95.9 Å². The summed E-state index contributed by atoms with van der Waals surface area (Å²) in [5.41, 5.74) is 0.964. The molecule has 1 aliphatic heterocycles. The van der Waals surface area contributed by atoms with Gasteiger partial charge in [-0.2, -0.15) is 0 Å². The summed E-state index contributed by atoms with van der Waals surface area (Å²) in [4.78, 5) is 36.9. The van der Waals surface area contributed by atoms with Crippen LogP contribution in [0.15, 0.2) is 46.9 Å². The molecule has 3 amide bonds. The highest BCUT2D eigenvalue weighted by Gasteiger charge is 2.40. The summed E-state index contributed by atoms with van der Waals surface area (Å²) in [7, 11) is 0. The van der Waals surface area contributed by atoms with Gasteiger partial charge in [0.15, 0.2) is 5.78 Å². The number of aliphatic hydroxyl groups excluding tert-OH is 1. The SMILES string of the molecule is CC(=O)c1ccc(OC[C@@H](O)CN2C(=O)N[C@H](c3ccc(F)c(Br)c3)C2=O)cc1. The second kappa shape index (κ2) is 8.71. The van der Waals surface area contributed by atoms with Crippen molar-refractivity contribution in [2.24, 2.45) is 0 Å². The molecule has 29 heavy (non-hydrogen) atoms. The van der Waals surface area contributed by atoms with Crippen LogP contribution in [-0.4, -0.2) is 47.0 Å². The van der Waals surface area contributed by atoms with Crippen LogP contribution in [0, 0.1) is 5.82 Å². The molecule has 0 aliphatic carbocycles. The molecule has 1 fully saturated rings. The average molecular weight is 465 g/mol. The number of aliphatic hydroxyl groups is 1. The molecule has 2 aromatic rings. The van der Waals surface area contributed by atoms with Crippen molar-refractivity contribution in [2.75, 3.05) is 13.2 Å². The highest BCUT2D eigenvalue weighted by molar-refractivity contribution is 9.10. The number of nitrogens with one attached hydrogen (secondary N) is 1. The summed E-state index contributed by atoms with van der Waals surface area (Å²) in [6.07, 6.45) is -1.11. The van der Waals surface area contributed by atoms with E-state index in [4.69, 9.17) is 4.74 Å². The number of carbonyl (C=O) groups is 3. The predicted molar refractivity (Wildman–Crippen MR) is 105 cm³/mol. The van der Waals surface area contributed by atoms with Crippen molar-refractivity contribution in [1.29, 1.82) is 0 Å². The van der Waals surface area contributed by atoms with Gasteiger partial charge >= 0.3 is 6.03 Å². The van der Waals surface area contributed by atoms with Gasteiger partial charge in [-0.1, -0.05) is 6.07 Å². The summed E-state index contributed by atoms with van der Waals surface area (Å²) >= 11 is 3.05. The fourth-order valence-electron chi connectivity index (χ4n) is 2.85. The van der Waals surface area contributed by atoms with Crippen molar-refractivity contribution in [2.45, 2.75) is 19.1 Å². The van der Waals surface area contributed by atoms with E-state index in [1.807, 2.05) is 0 Å². The highest BCUT2D eigenvalue weighted by atomic mass is 79.9. The largest absolute Gasteiger partial charge is 0.491 e. The fraction of sp³-hybridized carbons (Fsp3) is 0.250. The Hall–Kier alpha value is -2.78. The monoisotopic (exact) mass is 464 g/mol. The van der Waals surface area contributed by atoms with E-state index in [1.54, 1.807) is 24.3 Å². The molecule has 2 aromatic carbocycles. The zero-order valence-electron chi connectivity index (χ0n) is 15.4. The minimum atomic E-state index is -1.11. The quantitative estimate of drug-likeness (QED) is 0.485. The van der Waals surface area contributed by atoms with Crippen LogP contribution in [0.1, 0.15) is 28.9 Å². The van der Waals surface area contributed by atoms with Gasteiger partial charge < -0.3 is 15.2 Å². The van der Waals surface area contributed by atoms with Gasteiger partial charge in [0.2, 0.25) is 0 Å². The third-order valence-electron chi connectivity index (χ3n) is 4.40. The van der Waals surface area contributed by atoms with Crippen LogP contribution in [0.4, 0.5) is 9.18 Å². The second-order valence-electron chi connectivity index (χ2n) is 6.55. The molecule has 1 heterocycles. The predicted octanol–water partition coefficient (Wildman–Crippen LogP) is 2.82. The van der Waals surface area contributed by atoms with Gasteiger partial charge in [0.1, 0.15) is 30.3 Å². The maximum absolute atomic E-state index is 13.4. The number of Topliss-reactive ketones (excluding diaryl/α,β-unsaturated/α-hetero) is 1. The molecule has 0 spiro atoms. The van der Waals surface area contributed by atoms with E-state index in [9.17, 15) is 23.9 Å². The molecule has 0 saturated carbocycles. The van der Waals surface area contributed by atoms with E-state index in [2.05, 4.69) is 21.2 Å². The minimum absolute atomic E-state index is 0.0714. The van der Waals surface area contributed by atoms with Crippen LogP contribution in [-0.2, 0) is 4.79 Å². The number of imide groups is 1. The second-order valence-corrected chi connectivity index (χ2v) is 7.40. The van der Waals surface area contributed by atoms with Gasteiger partial charge in [0.05, 0.1) is 11.0 Å². The lowest BCUT2D eigenvalue weighted by Gasteiger charge is -2.18. The standard InChI is InChI=1S/C20H18BrFN2O5/c1-11(25)12-2-5-15(6-3-12)29-10-14(26)9-24-19(27)18(23-20(24)28)13-4-7-17(22)16(21)8-13/h2-8,14,18,26H,9-10H2,1H3,(H,23,28)/t14-,18+/m0/s1. The number of carbonyl (C=O) groups excluding carboxylic acids is 3. The zero-order valence-corrected chi connectivity index (χ0v) is 17.0. The first-order valence-electron chi connectivity index (χ1n) is 8.75. The maximum atomic E-state index is 13.4. The molecule has 1 aliphatic rings. The molecule has 0 bridgehead atoms. The van der Waals surface area contributed by atoms with E-state index in [0.29, 0.717) is 16.9 Å². The first-order chi connectivity index (χ1) is 13.8. The first-order valence-corrected chi connectivity index (χ1v) is 9.54. The van der Waals surface area contributed by atoms with Gasteiger partial charge in [0, 0.05) is 5.56 Å². The Morgan fingerprint density at radius 1 is 1.28 bits per heavy atom. The molecule has 2 atom stereocenters. The van der Waals surface area contributed by atoms with E-state index in [1.165, 1.54) is 25.1 Å². The molecule has 0 unspecified atom stereocenters. The first kappa shape index (κ1) is 20.9. The highest BCUT2D eigenvalue weighted by Crippen LogP contribution is 2.26. The zero-order chi connectivity index (χ0) is 21.1. The Bertz CT molecular complexity index is 950. The lowest BCUT2D eigenvalue weighted by atomic mass is 10.1. The Balaban J connectivity index is 1.59. The van der Waals surface area contributed by atoms with Gasteiger partial charge in [0.25, 0.3) is 5.91 Å². The molecule has 9 heteroatoms. The van der Waals surface area contributed by atoms with E-state index in [0.717, 1.165) is 4.90 Å². The number of hydrogen-bond acceptors (Lipinski definition) is 5. The van der Waals surface area contributed by atoms with Gasteiger partial charge in [-0.05, 0) is 64.8 Å². The van der Waals surface area contributed by atoms with Crippen molar-refractivity contribution in [1.82, 2.24) is 10.2 Å². The van der Waals surface area contributed by atoms with Crippen LogP contribution in [0.2, 0.25) is 0 Å². The summed E-state index contributed by atoms with van der Waals surface area (Å²) in [5, 5.41) is 12.7. The summed E-state index contributed by atoms with van der Waals surface area (Å²) in [6, 6.07) is 8.83. The van der Waals surface area contributed by atoms with E-state index >= 15 is 0 Å². The fourth-order valence-corrected chi connectivity index (χ4v) is 3.25. The number of amides is 3. The van der Waals surface area contributed by atoms with Crippen LogP contribution < -0.4 is 10.1 Å². The van der Waals surface area contributed by atoms with Crippen LogP contribution in [0.3, 0.4) is 0 Å². The van der Waals surface area contributed by atoms with Gasteiger partial charge in [-0.15, -0.1) is 0 Å². The smallest absolute Gasteiger partial charge is 0.325 e. The third kappa shape index (κ3) is 4.80. The molecular formula is C20H18BrFN2O5. The number of ether oxygens (including phenoxy) is 1. The number of rotatable bonds is 7. The molecule has 0 aromatic heterocycles. The van der Waals surface area contributed by atoms with Crippen LogP contribution in [0.5, 0.6) is 5.75 Å². The lowest BCUT2D eigenvalue weighted by Crippen LogP contribution is -2.39. The van der Waals surface area contributed by atoms with Crippen molar-refractivity contribution in [3.8, 4) is 5.75 Å². The van der Waals surface area contributed by atoms with Crippen molar-refractivity contribution >= 4 is 33.7 Å². The Morgan fingerprint density at radius 2 is 1.97 bits per heavy atom. The number of urea groups is 1. The number of β-amino-alcohol motifs (C(OH)–C–C–N with tert-alkyl or cyclic N) is 1. The summed E-state index contributed by atoms with van der Waals surface area (Å²) < 4.78 is 19.0. The van der Waals surface area contributed by atoms with Crippen molar-refractivity contribution in [3.63, 3.8) is 0 Å². The van der Waals surface area contributed by atoms with E-state index in [-0.39, 0.29) is 23.4 Å². The van der Waals surface area contributed by atoms with Crippen molar-refractivity contribution in [3.05, 3.63) is 63.9 Å². The number of hydrogen-bond donors (Lipinski definition) is 2. The number of ketones is 1.